The van der Waals surface area contributed by atoms with Crippen molar-refractivity contribution < 1.29 is 4.79 Å². The van der Waals surface area contributed by atoms with Gasteiger partial charge in [-0.2, -0.15) is 0 Å². The number of anilines is 1. The maximum absolute atomic E-state index is 13.1. The average molecular weight is 458 g/mol. The van der Waals surface area contributed by atoms with Gasteiger partial charge in [-0.15, -0.1) is 0 Å². The maximum atomic E-state index is 13.1. The van der Waals surface area contributed by atoms with E-state index in [-0.39, 0.29) is 5.91 Å². The standard InChI is InChI=1S/C24H32BrN3O/c1-4-22-14-16-27(15-13-19-5-9-21(25)10-6-19)18-24(29)28(22)17-20-7-11-23(12-8-20)26(2)3/h5-12,22H,4,13-18H2,1-3H3. The van der Waals surface area contributed by atoms with Gasteiger partial charge in [0.05, 0.1) is 6.54 Å². The van der Waals surface area contributed by atoms with Crippen LogP contribution in [0, 0.1) is 0 Å². The predicted molar refractivity (Wildman–Crippen MR) is 124 cm³/mol. The molecule has 1 unspecified atom stereocenters. The molecule has 156 valence electrons. The molecule has 0 saturated carbocycles. The summed E-state index contributed by atoms with van der Waals surface area (Å²) in [6.45, 7) is 5.32. The molecular weight excluding hydrogens is 426 g/mol. The van der Waals surface area contributed by atoms with E-state index < -0.39 is 0 Å². The van der Waals surface area contributed by atoms with Gasteiger partial charge < -0.3 is 9.80 Å². The van der Waals surface area contributed by atoms with Crippen molar-refractivity contribution in [3.63, 3.8) is 0 Å². The third-order valence-electron chi connectivity index (χ3n) is 5.81. The first kappa shape index (κ1) is 21.8. The SMILES string of the molecule is CCC1CCN(CCc2ccc(Br)cc2)CC(=O)N1Cc1ccc(N(C)C)cc1. The summed E-state index contributed by atoms with van der Waals surface area (Å²) in [5.74, 6) is 0.252. The van der Waals surface area contributed by atoms with Gasteiger partial charge in [-0.05, 0) is 54.7 Å². The van der Waals surface area contributed by atoms with Crippen molar-refractivity contribution in [3.8, 4) is 0 Å². The zero-order valence-electron chi connectivity index (χ0n) is 17.8. The van der Waals surface area contributed by atoms with Gasteiger partial charge in [0.15, 0.2) is 0 Å². The summed E-state index contributed by atoms with van der Waals surface area (Å²) in [6.07, 6.45) is 3.02. The molecule has 0 spiro atoms. The molecule has 1 heterocycles. The lowest BCUT2D eigenvalue weighted by Crippen LogP contribution is -2.41. The molecule has 5 heteroatoms. The van der Waals surface area contributed by atoms with Crippen molar-refractivity contribution >= 4 is 27.5 Å². The molecule has 4 nitrogen and oxygen atoms in total. The zero-order valence-corrected chi connectivity index (χ0v) is 19.4. The molecule has 0 bridgehead atoms. The second-order valence-corrected chi connectivity index (χ2v) is 9.00. The fraction of sp³-hybridized carbons (Fsp3) is 0.458. The van der Waals surface area contributed by atoms with E-state index in [0.717, 1.165) is 36.8 Å². The van der Waals surface area contributed by atoms with Gasteiger partial charge in [0.25, 0.3) is 0 Å². The predicted octanol–water partition coefficient (Wildman–Crippen LogP) is 4.57. The average Bonchev–Trinajstić information content (AvgIpc) is 2.86. The van der Waals surface area contributed by atoms with Crippen LogP contribution in [0.2, 0.25) is 0 Å². The lowest BCUT2D eigenvalue weighted by molar-refractivity contribution is -0.133. The number of hydrogen-bond donors (Lipinski definition) is 0. The van der Waals surface area contributed by atoms with Crippen molar-refractivity contribution in [2.45, 2.75) is 38.8 Å². The van der Waals surface area contributed by atoms with E-state index in [9.17, 15) is 4.79 Å². The minimum Gasteiger partial charge on any atom is -0.378 e. The summed E-state index contributed by atoms with van der Waals surface area (Å²) in [7, 11) is 4.09. The third kappa shape index (κ3) is 6.06. The Labute approximate surface area is 183 Å². The van der Waals surface area contributed by atoms with Gasteiger partial charge >= 0.3 is 0 Å². The Morgan fingerprint density at radius 2 is 1.69 bits per heavy atom. The van der Waals surface area contributed by atoms with Crippen molar-refractivity contribution in [3.05, 3.63) is 64.1 Å². The second kappa shape index (κ2) is 10.3. The molecule has 29 heavy (non-hydrogen) atoms. The van der Waals surface area contributed by atoms with Crippen LogP contribution in [0.4, 0.5) is 5.69 Å². The molecule has 0 N–H and O–H groups in total. The molecule has 2 aromatic rings. The number of halogens is 1. The summed E-state index contributed by atoms with van der Waals surface area (Å²) in [4.78, 5) is 19.6. The Kier molecular flexibility index (Phi) is 7.73. The molecule has 0 aliphatic carbocycles. The van der Waals surface area contributed by atoms with Crippen LogP contribution in [0.1, 0.15) is 30.9 Å². The Morgan fingerprint density at radius 1 is 1.03 bits per heavy atom. The molecule has 1 aliphatic rings. The first-order valence-electron chi connectivity index (χ1n) is 10.5. The van der Waals surface area contributed by atoms with Crippen molar-refractivity contribution in [2.24, 2.45) is 0 Å². The number of rotatable bonds is 7. The van der Waals surface area contributed by atoms with E-state index in [2.05, 4.69) is 86.1 Å². The van der Waals surface area contributed by atoms with Gasteiger partial charge in [0, 0.05) is 49.9 Å². The first-order chi connectivity index (χ1) is 14.0. The molecule has 0 aromatic heterocycles. The van der Waals surface area contributed by atoms with Gasteiger partial charge in [-0.1, -0.05) is 47.1 Å². The van der Waals surface area contributed by atoms with Crippen molar-refractivity contribution in [2.75, 3.05) is 38.6 Å². The van der Waals surface area contributed by atoms with E-state index in [1.807, 2.05) is 14.1 Å². The van der Waals surface area contributed by atoms with Crippen LogP contribution in [0.15, 0.2) is 53.0 Å². The highest BCUT2D eigenvalue weighted by Gasteiger charge is 2.28. The van der Waals surface area contributed by atoms with Crippen LogP contribution in [-0.4, -0.2) is 55.5 Å². The van der Waals surface area contributed by atoms with Gasteiger partial charge in [0.2, 0.25) is 5.91 Å². The van der Waals surface area contributed by atoms with Crippen LogP contribution in [0.25, 0.3) is 0 Å². The molecule has 1 amide bonds. The summed E-state index contributed by atoms with van der Waals surface area (Å²) in [5.41, 5.74) is 3.70. The molecule has 1 saturated heterocycles. The van der Waals surface area contributed by atoms with Crippen LogP contribution < -0.4 is 4.90 Å². The summed E-state index contributed by atoms with van der Waals surface area (Å²) < 4.78 is 1.10. The minimum atomic E-state index is 0.252. The highest BCUT2D eigenvalue weighted by Crippen LogP contribution is 2.20. The number of carbonyl (C=O) groups is 1. The van der Waals surface area contributed by atoms with E-state index in [1.54, 1.807) is 0 Å². The molecule has 0 radical (unpaired) electrons. The second-order valence-electron chi connectivity index (χ2n) is 8.09. The number of hydrogen-bond acceptors (Lipinski definition) is 3. The molecule has 1 atom stereocenters. The third-order valence-corrected chi connectivity index (χ3v) is 6.33. The molecule has 1 fully saturated rings. The molecular formula is C24H32BrN3O. The topological polar surface area (TPSA) is 26.8 Å². The first-order valence-corrected chi connectivity index (χ1v) is 11.3. The fourth-order valence-electron chi connectivity index (χ4n) is 3.92. The largest absolute Gasteiger partial charge is 0.378 e. The molecule has 1 aliphatic heterocycles. The van der Waals surface area contributed by atoms with E-state index >= 15 is 0 Å². The summed E-state index contributed by atoms with van der Waals surface area (Å²) in [5, 5.41) is 0. The lowest BCUT2D eigenvalue weighted by atomic mass is 10.1. The number of amides is 1. The van der Waals surface area contributed by atoms with Crippen LogP contribution in [0.5, 0.6) is 0 Å². The quantitative estimate of drug-likeness (QED) is 0.608. The van der Waals surface area contributed by atoms with Crippen LogP contribution in [0.3, 0.4) is 0 Å². The monoisotopic (exact) mass is 457 g/mol. The normalized spacial score (nSPS) is 18.0. The van der Waals surface area contributed by atoms with E-state index in [4.69, 9.17) is 0 Å². The zero-order chi connectivity index (χ0) is 20.8. The number of benzene rings is 2. The van der Waals surface area contributed by atoms with Gasteiger partial charge in [0.1, 0.15) is 0 Å². The molecule has 3 rings (SSSR count). The fourth-order valence-corrected chi connectivity index (χ4v) is 4.18. The highest BCUT2D eigenvalue weighted by molar-refractivity contribution is 9.10. The molecule has 2 aromatic carbocycles. The van der Waals surface area contributed by atoms with Crippen LogP contribution >= 0.6 is 15.9 Å². The summed E-state index contributed by atoms with van der Waals surface area (Å²) in [6, 6.07) is 17.3. The van der Waals surface area contributed by atoms with Gasteiger partial charge in [-0.25, -0.2) is 0 Å². The summed E-state index contributed by atoms with van der Waals surface area (Å²) >= 11 is 3.49. The van der Waals surface area contributed by atoms with E-state index in [0.29, 0.717) is 19.1 Å². The van der Waals surface area contributed by atoms with E-state index in [1.165, 1.54) is 16.8 Å². The maximum Gasteiger partial charge on any atom is 0.237 e. The smallest absolute Gasteiger partial charge is 0.237 e. The van der Waals surface area contributed by atoms with Gasteiger partial charge in [-0.3, -0.25) is 9.69 Å². The minimum absolute atomic E-state index is 0.252. The number of nitrogens with zero attached hydrogens (tertiary/aromatic N) is 3. The Balaban J connectivity index is 1.62. The Morgan fingerprint density at radius 3 is 2.31 bits per heavy atom. The lowest BCUT2D eigenvalue weighted by Gasteiger charge is -2.29. The Hall–Kier alpha value is -1.85. The Bertz CT molecular complexity index is 789. The number of carbonyl (C=O) groups excluding carboxylic acids is 1. The van der Waals surface area contributed by atoms with Crippen molar-refractivity contribution in [1.29, 1.82) is 0 Å². The van der Waals surface area contributed by atoms with Crippen LogP contribution in [-0.2, 0) is 17.8 Å². The van der Waals surface area contributed by atoms with Crippen molar-refractivity contribution in [1.82, 2.24) is 9.80 Å². The highest BCUT2D eigenvalue weighted by atomic mass is 79.9.